The Morgan fingerprint density at radius 1 is 1.47 bits per heavy atom. The highest BCUT2D eigenvalue weighted by atomic mass is 16.3. The first-order valence-electron chi connectivity index (χ1n) is 4.73. The molecule has 1 aromatic carbocycles. The number of ketones is 1. The number of aromatic nitrogens is 1. The predicted octanol–water partition coefficient (Wildman–Crippen LogP) is 2.47. The molecule has 3 nitrogen and oxygen atoms in total. The van der Waals surface area contributed by atoms with Crippen LogP contribution in [0.15, 0.2) is 41.3 Å². The number of hydrogen-bond acceptors (Lipinski definition) is 3. The van der Waals surface area contributed by atoms with Crippen molar-refractivity contribution in [1.82, 2.24) is 4.98 Å². The molecule has 2 rings (SSSR count). The number of benzene rings is 1. The first-order chi connectivity index (χ1) is 7.25. The van der Waals surface area contributed by atoms with Gasteiger partial charge in [0.05, 0.1) is 6.20 Å². The Bertz CT molecular complexity index is 460. The summed E-state index contributed by atoms with van der Waals surface area (Å²) in [6.07, 6.45) is 3.52. The molecule has 0 N–H and O–H groups in total. The van der Waals surface area contributed by atoms with Gasteiger partial charge in [0, 0.05) is 12.0 Å². The summed E-state index contributed by atoms with van der Waals surface area (Å²) in [7, 11) is 0. The van der Waals surface area contributed by atoms with Gasteiger partial charge in [-0.1, -0.05) is 18.2 Å². The van der Waals surface area contributed by atoms with Crippen LogP contribution in [0.1, 0.15) is 12.5 Å². The van der Waals surface area contributed by atoms with Gasteiger partial charge in [-0.2, -0.15) is 0 Å². The van der Waals surface area contributed by atoms with Gasteiger partial charge in [-0.25, -0.2) is 4.98 Å². The Balaban J connectivity index is 2.31. The first kappa shape index (κ1) is 9.65. The SMILES string of the molecule is CC(=O)Cc1cccc(-c2cnco2)c1. The quantitative estimate of drug-likeness (QED) is 0.766. The lowest BCUT2D eigenvalue weighted by Crippen LogP contribution is -1.95. The second-order valence-electron chi connectivity index (χ2n) is 3.44. The Morgan fingerprint density at radius 2 is 2.33 bits per heavy atom. The molecule has 0 aliphatic heterocycles. The number of Topliss-reactive ketones (excluding diaryl/α,β-unsaturated/α-hetero) is 1. The zero-order chi connectivity index (χ0) is 10.7. The van der Waals surface area contributed by atoms with Gasteiger partial charge >= 0.3 is 0 Å². The van der Waals surface area contributed by atoms with E-state index in [9.17, 15) is 4.79 Å². The van der Waals surface area contributed by atoms with Crippen molar-refractivity contribution in [1.29, 1.82) is 0 Å². The summed E-state index contributed by atoms with van der Waals surface area (Å²) < 4.78 is 5.18. The fourth-order valence-electron chi connectivity index (χ4n) is 1.48. The van der Waals surface area contributed by atoms with Crippen molar-refractivity contribution in [2.45, 2.75) is 13.3 Å². The topological polar surface area (TPSA) is 43.1 Å². The van der Waals surface area contributed by atoms with Gasteiger partial charge < -0.3 is 4.42 Å². The Kier molecular flexibility index (Phi) is 2.63. The van der Waals surface area contributed by atoms with Gasteiger partial charge in [0.1, 0.15) is 5.78 Å². The van der Waals surface area contributed by atoms with E-state index in [4.69, 9.17) is 4.42 Å². The third kappa shape index (κ3) is 2.31. The monoisotopic (exact) mass is 201 g/mol. The molecule has 1 heterocycles. The highest BCUT2D eigenvalue weighted by Crippen LogP contribution is 2.19. The third-order valence-corrected chi connectivity index (χ3v) is 2.10. The standard InChI is InChI=1S/C12H11NO2/c1-9(14)5-10-3-2-4-11(6-10)12-7-13-8-15-12/h2-4,6-8H,5H2,1H3. The lowest BCUT2D eigenvalue weighted by atomic mass is 10.1. The number of rotatable bonds is 3. The molecule has 0 bridgehead atoms. The fraction of sp³-hybridized carbons (Fsp3) is 0.167. The van der Waals surface area contributed by atoms with Gasteiger partial charge in [0.2, 0.25) is 0 Å². The Morgan fingerprint density at radius 3 is 3.00 bits per heavy atom. The van der Waals surface area contributed by atoms with Gasteiger partial charge in [0.25, 0.3) is 0 Å². The van der Waals surface area contributed by atoms with Crippen LogP contribution >= 0.6 is 0 Å². The summed E-state index contributed by atoms with van der Waals surface area (Å²) in [5, 5.41) is 0. The molecule has 3 heteroatoms. The molecular formula is C12H11NO2. The van der Waals surface area contributed by atoms with E-state index in [1.807, 2.05) is 24.3 Å². The predicted molar refractivity (Wildman–Crippen MR) is 56.3 cm³/mol. The Hall–Kier alpha value is -1.90. The van der Waals surface area contributed by atoms with Crippen LogP contribution in [0.4, 0.5) is 0 Å². The second kappa shape index (κ2) is 4.09. The molecule has 1 aromatic heterocycles. The lowest BCUT2D eigenvalue weighted by molar-refractivity contribution is -0.116. The normalized spacial score (nSPS) is 10.2. The molecular weight excluding hydrogens is 190 g/mol. The van der Waals surface area contributed by atoms with E-state index in [1.165, 1.54) is 6.39 Å². The number of hydrogen-bond donors (Lipinski definition) is 0. The molecule has 15 heavy (non-hydrogen) atoms. The number of carbonyl (C=O) groups is 1. The summed E-state index contributed by atoms with van der Waals surface area (Å²) in [6, 6.07) is 7.73. The van der Waals surface area contributed by atoms with Crippen molar-refractivity contribution < 1.29 is 9.21 Å². The molecule has 0 saturated carbocycles. The van der Waals surface area contributed by atoms with Crippen molar-refractivity contribution in [3.8, 4) is 11.3 Å². The summed E-state index contributed by atoms with van der Waals surface area (Å²) in [6.45, 7) is 1.58. The van der Waals surface area contributed by atoms with E-state index < -0.39 is 0 Å². The smallest absolute Gasteiger partial charge is 0.181 e. The van der Waals surface area contributed by atoms with Crippen LogP contribution in [0, 0.1) is 0 Å². The van der Waals surface area contributed by atoms with Crippen molar-refractivity contribution in [2.75, 3.05) is 0 Å². The van der Waals surface area contributed by atoms with Crippen LogP contribution in [0.5, 0.6) is 0 Å². The molecule has 0 saturated heterocycles. The van der Waals surface area contributed by atoms with Crippen LogP contribution in [-0.2, 0) is 11.2 Å². The van der Waals surface area contributed by atoms with Gasteiger partial charge in [-0.15, -0.1) is 0 Å². The van der Waals surface area contributed by atoms with Crippen molar-refractivity contribution >= 4 is 5.78 Å². The third-order valence-electron chi connectivity index (χ3n) is 2.10. The van der Waals surface area contributed by atoms with Crippen molar-refractivity contribution in [3.63, 3.8) is 0 Å². The molecule has 0 radical (unpaired) electrons. The van der Waals surface area contributed by atoms with E-state index in [0.29, 0.717) is 6.42 Å². The minimum absolute atomic E-state index is 0.157. The molecule has 76 valence electrons. The summed E-state index contributed by atoms with van der Waals surface area (Å²) in [5.74, 6) is 0.880. The molecule has 0 fully saturated rings. The molecule has 0 atom stereocenters. The van der Waals surface area contributed by atoms with Gasteiger partial charge in [-0.3, -0.25) is 4.79 Å². The van der Waals surface area contributed by atoms with Crippen LogP contribution in [-0.4, -0.2) is 10.8 Å². The van der Waals surface area contributed by atoms with Gasteiger partial charge in [-0.05, 0) is 18.6 Å². The number of oxazole rings is 1. The molecule has 0 spiro atoms. The van der Waals surface area contributed by atoms with E-state index in [0.717, 1.165) is 16.9 Å². The van der Waals surface area contributed by atoms with E-state index in [1.54, 1.807) is 13.1 Å². The number of nitrogens with zero attached hydrogens (tertiary/aromatic N) is 1. The average Bonchev–Trinajstić information content (AvgIpc) is 2.69. The molecule has 0 aliphatic carbocycles. The maximum absolute atomic E-state index is 11.0. The Labute approximate surface area is 87.8 Å². The van der Waals surface area contributed by atoms with Crippen LogP contribution in [0.3, 0.4) is 0 Å². The average molecular weight is 201 g/mol. The zero-order valence-electron chi connectivity index (χ0n) is 8.43. The minimum atomic E-state index is 0.157. The molecule has 2 aromatic rings. The van der Waals surface area contributed by atoms with Crippen LogP contribution in [0.25, 0.3) is 11.3 Å². The van der Waals surface area contributed by atoms with Gasteiger partial charge in [0.15, 0.2) is 12.2 Å². The summed E-state index contributed by atoms with van der Waals surface area (Å²) in [5.41, 5.74) is 1.95. The first-order valence-corrected chi connectivity index (χ1v) is 4.73. The zero-order valence-corrected chi connectivity index (χ0v) is 8.43. The summed E-state index contributed by atoms with van der Waals surface area (Å²) >= 11 is 0. The summed E-state index contributed by atoms with van der Waals surface area (Å²) in [4.78, 5) is 14.8. The van der Waals surface area contributed by atoms with E-state index >= 15 is 0 Å². The molecule has 0 aliphatic rings. The van der Waals surface area contributed by atoms with Crippen LogP contribution in [0.2, 0.25) is 0 Å². The van der Waals surface area contributed by atoms with Crippen molar-refractivity contribution in [3.05, 3.63) is 42.4 Å². The maximum atomic E-state index is 11.0. The molecule has 0 unspecified atom stereocenters. The molecule has 0 amide bonds. The maximum Gasteiger partial charge on any atom is 0.181 e. The minimum Gasteiger partial charge on any atom is -0.444 e. The van der Waals surface area contributed by atoms with Crippen LogP contribution < -0.4 is 0 Å². The van der Waals surface area contributed by atoms with E-state index in [-0.39, 0.29) is 5.78 Å². The fourth-order valence-corrected chi connectivity index (χ4v) is 1.48. The highest BCUT2D eigenvalue weighted by molar-refractivity contribution is 5.78. The number of carbonyl (C=O) groups excluding carboxylic acids is 1. The van der Waals surface area contributed by atoms with E-state index in [2.05, 4.69) is 4.98 Å². The second-order valence-corrected chi connectivity index (χ2v) is 3.44. The van der Waals surface area contributed by atoms with Crippen molar-refractivity contribution in [2.24, 2.45) is 0 Å². The lowest BCUT2D eigenvalue weighted by Gasteiger charge is -2.00. The largest absolute Gasteiger partial charge is 0.444 e. The highest BCUT2D eigenvalue weighted by Gasteiger charge is 2.03.